The molecule has 0 bridgehead atoms. The third kappa shape index (κ3) is 5.18. The van der Waals surface area contributed by atoms with Crippen molar-refractivity contribution in [2.24, 2.45) is 0 Å². The Bertz CT molecular complexity index is 700. The first-order valence-corrected chi connectivity index (χ1v) is 8.24. The van der Waals surface area contributed by atoms with Crippen LogP contribution in [0.15, 0.2) is 48.5 Å². The fourth-order valence-electron chi connectivity index (χ4n) is 1.93. The number of hydrogen-bond donors (Lipinski definition) is 2. The zero-order chi connectivity index (χ0) is 17.0. The summed E-state index contributed by atoms with van der Waals surface area (Å²) in [5, 5.41) is 6.07. The fourth-order valence-corrected chi connectivity index (χ4v) is 2.45. The van der Waals surface area contributed by atoms with Gasteiger partial charge in [-0.05, 0) is 31.2 Å². The molecular formula is C16H14Cl4N2O. The van der Waals surface area contributed by atoms with Crippen LogP contribution in [0, 0.1) is 6.92 Å². The molecule has 3 nitrogen and oxygen atoms in total. The van der Waals surface area contributed by atoms with Crippen LogP contribution in [0.4, 0.5) is 5.69 Å². The molecular weight excluding hydrogens is 378 g/mol. The minimum Gasteiger partial charge on any atom is -0.361 e. The van der Waals surface area contributed by atoms with Gasteiger partial charge < -0.3 is 10.6 Å². The second kappa shape index (κ2) is 7.63. The first-order valence-electron chi connectivity index (χ1n) is 6.72. The molecule has 0 aromatic heterocycles. The molecule has 2 aromatic rings. The number of rotatable bonds is 4. The molecule has 0 aliphatic heterocycles. The van der Waals surface area contributed by atoms with Crippen LogP contribution in [-0.4, -0.2) is 15.9 Å². The maximum Gasteiger partial charge on any atom is 0.252 e. The summed E-state index contributed by atoms with van der Waals surface area (Å²) in [6, 6.07) is 14.1. The van der Waals surface area contributed by atoms with Gasteiger partial charge in [-0.3, -0.25) is 4.79 Å². The van der Waals surface area contributed by atoms with E-state index in [1.165, 1.54) is 0 Å². The van der Waals surface area contributed by atoms with E-state index >= 15 is 0 Å². The van der Waals surface area contributed by atoms with Gasteiger partial charge in [0.1, 0.15) is 6.17 Å². The molecule has 2 rings (SSSR count). The molecule has 0 radical (unpaired) electrons. The van der Waals surface area contributed by atoms with Crippen molar-refractivity contribution in [3.8, 4) is 0 Å². The topological polar surface area (TPSA) is 41.1 Å². The summed E-state index contributed by atoms with van der Waals surface area (Å²) in [5.41, 5.74) is 1.99. The van der Waals surface area contributed by atoms with Crippen LogP contribution < -0.4 is 10.6 Å². The number of benzene rings is 2. The van der Waals surface area contributed by atoms with E-state index in [4.69, 9.17) is 46.4 Å². The van der Waals surface area contributed by atoms with Crippen molar-refractivity contribution >= 4 is 58.0 Å². The van der Waals surface area contributed by atoms with E-state index in [0.29, 0.717) is 16.3 Å². The van der Waals surface area contributed by atoms with Crippen LogP contribution in [-0.2, 0) is 0 Å². The number of para-hydroxylation sites is 1. The van der Waals surface area contributed by atoms with Crippen molar-refractivity contribution in [2.75, 3.05) is 5.32 Å². The molecule has 0 saturated heterocycles. The molecule has 23 heavy (non-hydrogen) atoms. The van der Waals surface area contributed by atoms with Crippen LogP contribution in [0.1, 0.15) is 15.9 Å². The van der Waals surface area contributed by atoms with Gasteiger partial charge in [0, 0.05) is 5.56 Å². The normalized spacial score (nSPS) is 12.6. The van der Waals surface area contributed by atoms with Gasteiger partial charge in [-0.2, -0.15) is 0 Å². The zero-order valence-corrected chi connectivity index (χ0v) is 15.1. The van der Waals surface area contributed by atoms with E-state index in [1.54, 1.807) is 42.5 Å². The average Bonchev–Trinajstić information content (AvgIpc) is 2.47. The molecule has 1 amide bonds. The Hall–Kier alpha value is -1.13. The molecule has 122 valence electrons. The van der Waals surface area contributed by atoms with Gasteiger partial charge >= 0.3 is 0 Å². The van der Waals surface area contributed by atoms with Crippen molar-refractivity contribution in [2.45, 2.75) is 16.9 Å². The van der Waals surface area contributed by atoms with E-state index in [9.17, 15) is 4.79 Å². The highest BCUT2D eigenvalue weighted by Crippen LogP contribution is 2.32. The monoisotopic (exact) mass is 390 g/mol. The number of aryl methyl sites for hydroxylation is 1. The Morgan fingerprint density at radius 3 is 2.39 bits per heavy atom. The predicted molar refractivity (Wildman–Crippen MR) is 97.8 cm³/mol. The maximum atomic E-state index is 12.4. The number of carbonyl (C=O) groups excluding carboxylic acids is 1. The Labute approximate surface area is 154 Å². The lowest BCUT2D eigenvalue weighted by Crippen LogP contribution is -2.49. The van der Waals surface area contributed by atoms with E-state index < -0.39 is 9.96 Å². The molecule has 0 spiro atoms. The smallest absolute Gasteiger partial charge is 0.252 e. The van der Waals surface area contributed by atoms with Crippen molar-refractivity contribution in [3.05, 3.63) is 64.7 Å². The van der Waals surface area contributed by atoms with Crippen LogP contribution >= 0.6 is 46.4 Å². The standard InChI is InChI=1S/C16H14Cl4N2O/c1-10-5-4-6-11(9-10)14(23)22-15(16(18,19)20)21-13-8-3-2-7-12(13)17/h2-9,15,21H,1H3,(H,22,23)/t15-/m1/s1. The molecule has 2 N–H and O–H groups in total. The quantitative estimate of drug-likeness (QED) is 0.556. The second-order valence-electron chi connectivity index (χ2n) is 4.94. The van der Waals surface area contributed by atoms with Crippen molar-refractivity contribution in [3.63, 3.8) is 0 Å². The molecule has 0 saturated carbocycles. The molecule has 7 heteroatoms. The largest absolute Gasteiger partial charge is 0.361 e. The first kappa shape index (κ1) is 18.2. The number of alkyl halides is 3. The Morgan fingerprint density at radius 1 is 1.09 bits per heavy atom. The SMILES string of the molecule is Cc1cccc(C(=O)N[C@@H](Nc2ccccc2Cl)C(Cl)(Cl)Cl)c1. The van der Waals surface area contributed by atoms with Crippen LogP contribution in [0.5, 0.6) is 0 Å². The highest BCUT2D eigenvalue weighted by Gasteiger charge is 2.34. The van der Waals surface area contributed by atoms with Gasteiger partial charge in [0.15, 0.2) is 0 Å². The van der Waals surface area contributed by atoms with Gasteiger partial charge in [0.05, 0.1) is 10.7 Å². The number of halogens is 4. The third-order valence-corrected chi connectivity index (χ3v) is 4.04. The molecule has 0 heterocycles. The Balaban J connectivity index is 2.20. The molecule has 0 fully saturated rings. The summed E-state index contributed by atoms with van der Waals surface area (Å²) in [7, 11) is 0. The Kier molecular flexibility index (Phi) is 6.04. The molecule has 0 aliphatic rings. The highest BCUT2D eigenvalue weighted by atomic mass is 35.6. The predicted octanol–water partition coefficient (Wildman–Crippen LogP) is 5.19. The van der Waals surface area contributed by atoms with Gasteiger partial charge in [-0.25, -0.2) is 0 Å². The first-order chi connectivity index (χ1) is 10.8. The molecule has 2 aromatic carbocycles. The van der Waals surface area contributed by atoms with Crippen LogP contribution in [0.3, 0.4) is 0 Å². The maximum absolute atomic E-state index is 12.4. The van der Waals surface area contributed by atoms with Gasteiger partial charge in [-0.15, -0.1) is 0 Å². The third-order valence-electron chi connectivity index (χ3n) is 3.06. The lowest BCUT2D eigenvalue weighted by Gasteiger charge is -2.27. The number of amides is 1. The molecule has 0 unspecified atom stereocenters. The lowest BCUT2D eigenvalue weighted by molar-refractivity contribution is 0.0941. The summed E-state index contributed by atoms with van der Waals surface area (Å²) in [5.74, 6) is -0.357. The molecule has 1 atom stereocenters. The summed E-state index contributed by atoms with van der Waals surface area (Å²) in [6.45, 7) is 1.89. The highest BCUT2D eigenvalue weighted by molar-refractivity contribution is 6.68. The van der Waals surface area contributed by atoms with Gasteiger partial charge in [0.25, 0.3) is 5.91 Å². The second-order valence-corrected chi connectivity index (χ2v) is 7.72. The summed E-state index contributed by atoms with van der Waals surface area (Å²) >= 11 is 24.0. The minimum atomic E-state index is -1.77. The number of hydrogen-bond acceptors (Lipinski definition) is 2. The average molecular weight is 392 g/mol. The van der Waals surface area contributed by atoms with E-state index in [0.717, 1.165) is 5.56 Å². The van der Waals surface area contributed by atoms with Crippen molar-refractivity contribution in [1.29, 1.82) is 0 Å². The van der Waals surface area contributed by atoms with E-state index in [1.807, 2.05) is 13.0 Å². The van der Waals surface area contributed by atoms with Crippen molar-refractivity contribution < 1.29 is 4.79 Å². The van der Waals surface area contributed by atoms with Crippen molar-refractivity contribution in [1.82, 2.24) is 5.32 Å². The number of nitrogens with one attached hydrogen (secondary N) is 2. The summed E-state index contributed by atoms with van der Waals surface area (Å²) < 4.78 is -1.77. The summed E-state index contributed by atoms with van der Waals surface area (Å²) in [4.78, 5) is 12.4. The van der Waals surface area contributed by atoms with Gasteiger partial charge in [-0.1, -0.05) is 76.2 Å². The fraction of sp³-hybridized carbons (Fsp3) is 0.188. The minimum absolute atomic E-state index is 0.357. The van der Waals surface area contributed by atoms with Crippen LogP contribution in [0.25, 0.3) is 0 Å². The lowest BCUT2D eigenvalue weighted by atomic mass is 10.1. The van der Waals surface area contributed by atoms with E-state index in [2.05, 4.69) is 10.6 Å². The number of carbonyl (C=O) groups is 1. The van der Waals surface area contributed by atoms with E-state index in [-0.39, 0.29) is 5.91 Å². The van der Waals surface area contributed by atoms with Gasteiger partial charge in [0.2, 0.25) is 3.79 Å². The molecule has 0 aliphatic carbocycles. The number of anilines is 1. The Morgan fingerprint density at radius 2 is 1.78 bits per heavy atom. The zero-order valence-electron chi connectivity index (χ0n) is 12.1. The summed E-state index contributed by atoms with van der Waals surface area (Å²) in [6.07, 6.45) is -0.958. The van der Waals surface area contributed by atoms with Crippen LogP contribution in [0.2, 0.25) is 5.02 Å².